The molecular weight excluding hydrogens is 254 g/mol. The molecule has 0 saturated carbocycles. The second kappa shape index (κ2) is 5.95. The molecule has 0 fully saturated rings. The highest BCUT2D eigenvalue weighted by Crippen LogP contribution is 2.32. The van der Waals surface area contributed by atoms with Crippen molar-refractivity contribution >= 4 is 28.9 Å². The zero-order valence-electron chi connectivity index (χ0n) is 9.38. The van der Waals surface area contributed by atoms with Gasteiger partial charge in [-0.05, 0) is 18.2 Å². The summed E-state index contributed by atoms with van der Waals surface area (Å²) < 4.78 is 0.976. The monoisotopic (exact) mass is 267 g/mol. The fraction of sp³-hybridized carbons (Fsp3) is 0.300. The molecule has 0 aliphatic carbocycles. The third kappa shape index (κ3) is 2.93. The van der Waals surface area contributed by atoms with Gasteiger partial charge in [0.1, 0.15) is 17.2 Å². The maximum absolute atomic E-state index is 5.46. The van der Waals surface area contributed by atoms with Crippen LogP contribution in [0.15, 0.2) is 27.3 Å². The van der Waals surface area contributed by atoms with Crippen LogP contribution >= 0.6 is 23.1 Å². The molecule has 0 spiro atoms. The number of thiazole rings is 1. The highest BCUT2D eigenvalue weighted by Gasteiger charge is 2.12. The Morgan fingerprint density at radius 1 is 1.41 bits per heavy atom. The summed E-state index contributed by atoms with van der Waals surface area (Å²) in [5.41, 5.74) is 3.67. The van der Waals surface area contributed by atoms with E-state index in [4.69, 9.17) is 5.84 Å². The molecule has 0 amide bonds. The normalized spacial score (nSPS) is 10.5. The summed E-state index contributed by atoms with van der Waals surface area (Å²) in [5, 5.41) is 2.87. The Bertz CT molecular complexity index is 472. The van der Waals surface area contributed by atoms with E-state index in [1.165, 1.54) is 6.33 Å². The van der Waals surface area contributed by atoms with E-state index in [1.54, 1.807) is 29.3 Å². The molecule has 0 aliphatic rings. The minimum Gasteiger partial charge on any atom is -0.308 e. The first-order chi connectivity index (χ1) is 8.35. The molecule has 7 heteroatoms. The van der Waals surface area contributed by atoms with Crippen LogP contribution in [0.5, 0.6) is 0 Å². The minimum atomic E-state index is 0.695. The average Bonchev–Trinajstić information content (AvgIpc) is 2.84. The Labute approximate surface area is 108 Å². The average molecular weight is 267 g/mol. The molecule has 90 valence electrons. The Kier molecular flexibility index (Phi) is 4.29. The van der Waals surface area contributed by atoms with Crippen molar-refractivity contribution in [1.82, 2.24) is 15.0 Å². The van der Waals surface area contributed by atoms with Gasteiger partial charge in [0.2, 0.25) is 0 Å². The summed E-state index contributed by atoms with van der Waals surface area (Å²) in [7, 11) is 0. The minimum absolute atomic E-state index is 0.695. The fourth-order valence-corrected chi connectivity index (χ4v) is 3.08. The third-order valence-corrected chi connectivity index (χ3v) is 4.06. The zero-order chi connectivity index (χ0) is 12.1. The lowest BCUT2D eigenvalue weighted by molar-refractivity contribution is 0.856. The van der Waals surface area contributed by atoms with E-state index in [0.29, 0.717) is 5.82 Å². The fourth-order valence-electron chi connectivity index (χ4n) is 1.43. The zero-order valence-corrected chi connectivity index (χ0v) is 11.0. The van der Waals surface area contributed by atoms with Gasteiger partial charge in [-0.2, -0.15) is 0 Å². The summed E-state index contributed by atoms with van der Waals surface area (Å²) in [6, 6.07) is 0. The van der Waals surface area contributed by atoms with E-state index in [2.05, 4.69) is 27.3 Å². The summed E-state index contributed by atoms with van der Waals surface area (Å²) in [5.74, 6) is 6.16. The number of anilines is 1. The van der Waals surface area contributed by atoms with E-state index in [-0.39, 0.29) is 0 Å². The number of nitrogens with one attached hydrogen (secondary N) is 1. The number of nitrogen functional groups attached to an aromatic ring is 1. The molecule has 0 bridgehead atoms. The molecule has 0 atom stereocenters. The van der Waals surface area contributed by atoms with Gasteiger partial charge in [0.05, 0.1) is 0 Å². The maximum atomic E-state index is 5.46. The van der Waals surface area contributed by atoms with Gasteiger partial charge in [-0.15, -0.1) is 11.3 Å². The number of hydrogen-bond donors (Lipinski definition) is 2. The van der Waals surface area contributed by atoms with Gasteiger partial charge in [0.15, 0.2) is 4.34 Å². The predicted octanol–water partition coefficient (Wildman–Crippen LogP) is 2.32. The van der Waals surface area contributed by atoms with Gasteiger partial charge < -0.3 is 5.43 Å². The van der Waals surface area contributed by atoms with Crippen LogP contribution in [0.2, 0.25) is 0 Å². The molecule has 0 radical (unpaired) electrons. The van der Waals surface area contributed by atoms with Gasteiger partial charge in [-0.3, -0.25) is 0 Å². The molecule has 2 aromatic rings. The molecule has 17 heavy (non-hydrogen) atoms. The van der Waals surface area contributed by atoms with Gasteiger partial charge in [0, 0.05) is 17.1 Å². The van der Waals surface area contributed by atoms with Crippen molar-refractivity contribution in [2.75, 3.05) is 5.43 Å². The molecule has 2 heterocycles. The first-order valence-corrected chi connectivity index (χ1v) is 6.92. The Balaban J connectivity index is 2.31. The van der Waals surface area contributed by atoms with E-state index >= 15 is 0 Å². The number of nitrogens with two attached hydrogens (primary N) is 1. The second-order valence-electron chi connectivity index (χ2n) is 3.30. The van der Waals surface area contributed by atoms with Crippen molar-refractivity contribution in [3.63, 3.8) is 0 Å². The highest BCUT2D eigenvalue weighted by atomic mass is 32.2. The molecule has 0 saturated heterocycles. The van der Waals surface area contributed by atoms with Gasteiger partial charge in [-0.1, -0.05) is 13.3 Å². The predicted molar refractivity (Wildman–Crippen MR) is 70.1 cm³/mol. The van der Waals surface area contributed by atoms with E-state index < -0.39 is 0 Å². The number of aromatic nitrogens is 3. The number of nitrogens with zero attached hydrogens (tertiary/aromatic N) is 3. The quantitative estimate of drug-likeness (QED) is 0.492. The molecule has 0 aromatic carbocycles. The summed E-state index contributed by atoms with van der Waals surface area (Å²) in [6.45, 7) is 2.12. The van der Waals surface area contributed by atoms with Gasteiger partial charge >= 0.3 is 0 Å². The van der Waals surface area contributed by atoms with Crippen molar-refractivity contribution in [2.45, 2.75) is 29.1 Å². The largest absolute Gasteiger partial charge is 0.308 e. The Morgan fingerprint density at radius 3 is 2.94 bits per heavy atom. The van der Waals surface area contributed by atoms with E-state index in [0.717, 1.165) is 27.8 Å². The molecular formula is C10H13N5S2. The Hall–Kier alpha value is -1.18. The molecule has 0 unspecified atom stereocenters. The number of rotatable bonds is 5. The van der Waals surface area contributed by atoms with Gasteiger partial charge in [0.25, 0.3) is 0 Å². The summed E-state index contributed by atoms with van der Waals surface area (Å²) in [6.07, 6.45) is 5.22. The molecule has 2 rings (SSSR count). The SMILES string of the molecule is CCCc1c(NN)ncnc1Sc1nccs1. The van der Waals surface area contributed by atoms with Crippen LogP contribution in [0.25, 0.3) is 0 Å². The van der Waals surface area contributed by atoms with E-state index in [9.17, 15) is 0 Å². The van der Waals surface area contributed by atoms with Crippen LogP contribution in [0.3, 0.4) is 0 Å². The van der Waals surface area contributed by atoms with Gasteiger partial charge in [-0.25, -0.2) is 20.8 Å². The van der Waals surface area contributed by atoms with Crippen molar-refractivity contribution in [3.05, 3.63) is 23.5 Å². The molecule has 3 N–H and O–H groups in total. The molecule has 0 aliphatic heterocycles. The van der Waals surface area contributed by atoms with Crippen LogP contribution in [0, 0.1) is 0 Å². The smallest absolute Gasteiger partial charge is 0.156 e. The maximum Gasteiger partial charge on any atom is 0.156 e. The van der Waals surface area contributed by atoms with Crippen LogP contribution in [0.1, 0.15) is 18.9 Å². The van der Waals surface area contributed by atoms with Crippen LogP contribution < -0.4 is 11.3 Å². The topological polar surface area (TPSA) is 76.7 Å². The van der Waals surface area contributed by atoms with Crippen LogP contribution in [-0.2, 0) is 6.42 Å². The lowest BCUT2D eigenvalue weighted by Gasteiger charge is -2.09. The molecule has 5 nitrogen and oxygen atoms in total. The number of hydrazine groups is 1. The molecule has 2 aromatic heterocycles. The van der Waals surface area contributed by atoms with Crippen molar-refractivity contribution < 1.29 is 0 Å². The first kappa shape index (κ1) is 12.3. The van der Waals surface area contributed by atoms with Crippen molar-refractivity contribution in [2.24, 2.45) is 5.84 Å². The van der Waals surface area contributed by atoms with Crippen molar-refractivity contribution in [1.29, 1.82) is 0 Å². The van der Waals surface area contributed by atoms with E-state index in [1.807, 2.05) is 5.38 Å². The summed E-state index contributed by atoms with van der Waals surface area (Å²) >= 11 is 3.15. The second-order valence-corrected chi connectivity index (χ2v) is 5.43. The summed E-state index contributed by atoms with van der Waals surface area (Å²) in [4.78, 5) is 12.7. The van der Waals surface area contributed by atoms with Crippen LogP contribution in [0.4, 0.5) is 5.82 Å². The Morgan fingerprint density at radius 2 is 2.29 bits per heavy atom. The number of hydrogen-bond acceptors (Lipinski definition) is 7. The lowest BCUT2D eigenvalue weighted by atomic mass is 10.2. The lowest BCUT2D eigenvalue weighted by Crippen LogP contribution is -2.12. The van der Waals surface area contributed by atoms with Crippen LogP contribution in [-0.4, -0.2) is 15.0 Å². The first-order valence-electron chi connectivity index (χ1n) is 5.23. The standard InChI is InChI=1S/C10H13N5S2/c1-2-3-7-8(15-11)13-6-14-9(7)17-10-12-4-5-16-10/h4-6H,2-3,11H2,1H3,(H,13,14,15). The third-order valence-electron chi connectivity index (χ3n) is 2.14. The highest BCUT2D eigenvalue weighted by molar-refractivity contribution is 8.01. The van der Waals surface area contributed by atoms with Crippen molar-refractivity contribution in [3.8, 4) is 0 Å².